The molecule has 1 aromatic carbocycles. The van der Waals surface area contributed by atoms with E-state index < -0.39 is 16.1 Å². The van der Waals surface area contributed by atoms with E-state index in [1.54, 1.807) is 19.1 Å². The topological polar surface area (TPSA) is 92.4 Å². The van der Waals surface area contributed by atoms with Gasteiger partial charge >= 0.3 is 0 Å². The van der Waals surface area contributed by atoms with Gasteiger partial charge in [0.25, 0.3) is 0 Å². The first-order valence-corrected chi connectivity index (χ1v) is 7.30. The van der Waals surface area contributed by atoms with Gasteiger partial charge in [0.1, 0.15) is 4.90 Å². The van der Waals surface area contributed by atoms with Crippen LogP contribution in [0.25, 0.3) is 0 Å². The molecule has 5 nitrogen and oxygen atoms in total. The Balaban J connectivity index is 3.16. The first kappa shape index (κ1) is 14.9. The SMILES string of the molecule is CC[C@H](CO)NS(=O)(=O)c1cc(C)c(C)cc1N. The third-order valence-corrected chi connectivity index (χ3v) is 4.53. The van der Waals surface area contributed by atoms with Crippen LogP contribution >= 0.6 is 0 Å². The standard InChI is InChI=1S/C12H20N2O3S/c1-4-10(7-15)14-18(16,17)12-6-9(3)8(2)5-11(12)13/h5-6,10,14-15H,4,7,13H2,1-3H3/t10-/m1/s1. The molecule has 6 heteroatoms. The van der Waals surface area contributed by atoms with Crippen LogP contribution in [-0.4, -0.2) is 26.2 Å². The summed E-state index contributed by atoms with van der Waals surface area (Å²) in [6, 6.07) is 2.71. The predicted molar refractivity (Wildman–Crippen MR) is 71.8 cm³/mol. The van der Waals surface area contributed by atoms with Crippen molar-refractivity contribution >= 4 is 15.7 Å². The van der Waals surface area contributed by atoms with Crippen molar-refractivity contribution in [3.05, 3.63) is 23.3 Å². The third-order valence-electron chi connectivity index (χ3n) is 2.95. The summed E-state index contributed by atoms with van der Waals surface area (Å²) in [5, 5.41) is 9.05. The number of anilines is 1. The molecule has 0 saturated heterocycles. The molecule has 1 aromatic rings. The molecule has 0 aliphatic heterocycles. The Morgan fingerprint density at radius 1 is 1.33 bits per heavy atom. The highest BCUT2D eigenvalue weighted by Gasteiger charge is 2.21. The van der Waals surface area contributed by atoms with Crippen molar-refractivity contribution in [2.45, 2.75) is 38.1 Å². The zero-order valence-corrected chi connectivity index (χ0v) is 11.7. The monoisotopic (exact) mass is 272 g/mol. The summed E-state index contributed by atoms with van der Waals surface area (Å²) in [5.74, 6) is 0. The summed E-state index contributed by atoms with van der Waals surface area (Å²) >= 11 is 0. The number of sulfonamides is 1. The summed E-state index contributed by atoms with van der Waals surface area (Å²) in [6.07, 6.45) is 0.514. The van der Waals surface area contributed by atoms with E-state index in [2.05, 4.69) is 4.72 Å². The van der Waals surface area contributed by atoms with Crippen molar-refractivity contribution < 1.29 is 13.5 Å². The molecule has 18 heavy (non-hydrogen) atoms. The number of aryl methyl sites for hydroxylation is 2. The van der Waals surface area contributed by atoms with Crippen LogP contribution in [0, 0.1) is 13.8 Å². The molecule has 1 atom stereocenters. The number of aliphatic hydroxyl groups is 1. The van der Waals surface area contributed by atoms with E-state index in [9.17, 15) is 8.42 Å². The van der Waals surface area contributed by atoms with Gasteiger partial charge in [-0.15, -0.1) is 0 Å². The molecule has 102 valence electrons. The molecule has 0 bridgehead atoms. The first-order valence-electron chi connectivity index (χ1n) is 5.81. The number of hydrogen-bond acceptors (Lipinski definition) is 4. The van der Waals surface area contributed by atoms with Crippen molar-refractivity contribution in [2.24, 2.45) is 0 Å². The average Bonchev–Trinajstić information content (AvgIpc) is 2.30. The van der Waals surface area contributed by atoms with Gasteiger partial charge in [0.2, 0.25) is 10.0 Å². The van der Waals surface area contributed by atoms with E-state index >= 15 is 0 Å². The maximum Gasteiger partial charge on any atom is 0.242 e. The van der Waals surface area contributed by atoms with Crippen LogP contribution in [0.4, 0.5) is 5.69 Å². The van der Waals surface area contributed by atoms with Crippen molar-refractivity contribution in [3.63, 3.8) is 0 Å². The molecular weight excluding hydrogens is 252 g/mol. The minimum atomic E-state index is -3.69. The molecule has 0 aromatic heterocycles. The van der Waals surface area contributed by atoms with Gasteiger partial charge in [0.15, 0.2) is 0 Å². The van der Waals surface area contributed by atoms with Crippen molar-refractivity contribution in [1.82, 2.24) is 4.72 Å². The fourth-order valence-corrected chi connectivity index (χ4v) is 3.09. The fourth-order valence-electron chi connectivity index (χ4n) is 1.58. The normalized spacial score (nSPS) is 13.6. The lowest BCUT2D eigenvalue weighted by Gasteiger charge is -2.16. The maximum absolute atomic E-state index is 12.1. The van der Waals surface area contributed by atoms with Gasteiger partial charge < -0.3 is 10.8 Å². The van der Waals surface area contributed by atoms with Crippen molar-refractivity contribution in [2.75, 3.05) is 12.3 Å². The highest BCUT2D eigenvalue weighted by molar-refractivity contribution is 7.89. The van der Waals surface area contributed by atoms with E-state index in [0.29, 0.717) is 6.42 Å². The molecule has 0 unspecified atom stereocenters. The molecule has 0 radical (unpaired) electrons. The molecule has 4 N–H and O–H groups in total. The van der Waals surface area contributed by atoms with Crippen LogP contribution in [0.3, 0.4) is 0 Å². The molecule has 1 rings (SSSR count). The third kappa shape index (κ3) is 3.22. The van der Waals surface area contributed by atoms with Crippen molar-refractivity contribution in [3.8, 4) is 0 Å². The molecule has 0 spiro atoms. The van der Waals surface area contributed by atoms with E-state index in [-0.39, 0.29) is 17.2 Å². The quantitative estimate of drug-likeness (QED) is 0.695. The number of benzene rings is 1. The number of aliphatic hydroxyl groups excluding tert-OH is 1. The van der Waals surface area contributed by atoms with E-state index in [4.69, 9.17) is 10.8 Å². The Kier molecular flexibility index (Phi) is 4.72. The second-order valence-electron chi connectivity index (χ2n) is 4.38. The highest BCUT2D eigenvalue weighted by atomic mass is 32.2. The molecular formula is C12H20N2O3S. The highest BCUT2D eigenvalue weighted by Crippen LogP contribution is 2.22. The number of hydrogen-bond donors (Lipinski definition) is 3. The maximum atomic E-state index is 12.1. The lowest BCUT2D eigenvalue weighted by molar-refractivity contribution is 0.254. The summed E-state index contributed by atoms with van der Waals surface area (Å²) < 4.78 is 26.7. The smallest absolute Gasteiger partial charge is 0.242 e. The predicted octanol–water partition coefficient (Wildman–Crippen LogP) is 0.935. The van der Waals surface area contributed by atoms with Gasteiger partial charge in [-0.05, 0) is 43.5 Å². The van der Waals surface area contributed by atoms with E-state index in [0.717, 1.165) is 11.1 Å². The van der Waals surface area contributed by atoms with Gasteiger partial charge in [-0.25, -0.2) is 13.1 Å². The number of nitrogen functional groups attached to an aromatic ring is 1. The summed E-state index contributed by atoms with van der Waals surface area (Å²) in [7, 11) is -3.69. The van der Waals surface area contributed by atoms with Gasteiger partial charge in [0.05, 0.1) is 12.3 Å². The van der Waals surface area contributed by atoms with E-state index in [1.807, 2.05) is 13.8 Å². The van der Waals surface area contributed by atoms with Gasteiger partial charge in [-0.2, -0.15) is 0 Å². The van der Waals surface area contributed by atoms with Gasteiger partial charge in [-0.1, -0.05) is 6.92 Å². The minimum Gasteiger partial charge on any atom is -0.398 e. The average molecular weight is 272 g/mol. The first-order chi connectivity index (χ1) is 8.31. The second-order valence-corrected chi connectivity index (χ2v) is 6.07. The number of rotatable bonds is 5. The second kappa shape index (κ2) is 5.69. The van der Waals surface area contributed by atoms with Crippen LogP contribution in [-0.2, 0) is 10.0 Å². The number of nitrogens with two attached hydrogens (primary N) is 1. The van der Waals surface area contributed by atoms with Crippen molar-refractivity contribution in [1.29, 1.82) is 0 Å². The van der Waals surface area contributed by atoms with Crippen LogP contribution in [0.1, 0.15) is 24.5 Å². The van der Waals surface area contributed by atoms with Crippen LogP contribution in [0.2, 0.25) is 0 Å². The zero-order valence-electron chi connectivity index (χ0n) is 10.9. The molecule has 0 amide bonds. The largest absolute Gasteiger partial charge is 0.398 e. The molecule has 0 saturated carbocycles. The lowest BCUT2D eigenvalue weighted by Crippen LogP contribution is -2.37. The Morgan fingerprint density at radius 2 is 1.89 bits per heavy atom. The minimum absolute atomic E-state index is 0.0671. The lowest BCUT2D eigenvalue weighted by atomic mass is 10.1. The zero-order chi connectivity index (χ0) is 13.9. The fraction of sp³-hybridized carbons (Fsp3) is 0.500. The summed E-state index contributed by atoms with van der Waals surface area (Å²) in [4.78, 5) is 0.0671. The molecule has 0 fully saturated rings. The van der Waals surface area contributed by atoms with Gasteiger partial charge in [0, 0.05) is 6.04 Å². The summed E-state index contributed by atoms with van der Waals surface area (Å²) in [5.41, 5.74) is 7.78. The van der Waals surface area contributed by atoms with Crippen LogP contribution < -0.4 is 10.5 Å². The Bertz CT molecular complexity index is 522. The number of nitrogens with one attached hydrogen (secondary N) is 1. The molecule has 0 heterocycles. The van der Waals surface area contributed by atoms with Crippen LogP contribution in [0.15, 0.2) is 17.0 Å². The Labute approximate surface area is 108 Å². The van der Waals surface area contributed by atoms with Crippen LogP contribution in [0.5, 0.6) is 0 Å². The van der Waals surface area contributed by atoms with Gasteiger partial charge in [-0.3, -0.25) is 0 Å². The Hall–Kier alpha value is -1.11. The molecule has 0 aliphatic rings. The summed E-state index contributed by atoms with van der Waals surface area (Å²) in [6.45, 7) is 5.27. The molecule has 0 aliphatic carbocycles. The van der Waals surface area contributed by atoms with E-state index in [1.165, 1.54) is 0 Å². The Morgan fingerprint density at radius 3 is 2.39 bits per heavy atom.